The highest BCUT2D eigenvalue weighted by Gasteiger charge is 1.90. The summed E-state index contributed by atoms with van der Waals surface area (Å²) >= 11 is 0. The predicted octanol–water partition coefficient (Wildman–Crippen LogP) is 0.261. The number of rotatable bonds is 0. The van der Waals surface area contributed by atoms with E-state index >= 15 is 0 Å². The van der Waals surface area contributed by atoms with E-state index in [4.69, 9.17) is 0 Å². The Bertz CT molecular complexity index is 192. The van der Waals surface area contributed by atoms with Crippen LogP contribution in [-0.2, 0) is 14.5 Å². The Labute approximate surface area is 49.3 Å². The van der Waals surface area contributed by atoms with E-state index in [2.05, 4.69) is 4.36 Å². The minimum absolute atomic E-state index is 0.375. The van der Waals surface area contributed by atoms with Gasteiger partial charge in [0.25, 0.3) is 5.91 Å². The Morgan fingerprint density at radius 2 is 1.88 bits per heavy atom. The minimum atomic E-state index is -2.20. The number of amides is 1. The maximum absolute atomic E-state index is 10.6. The van der Waals surface area contributed by atoms with E-state index in [0.29, 0.717) is 0 Å². The average molecular weight is 135 g/mol. The van der Waals surface area contributed by atoms with E-state index in [1.807, 2.05) is 0 Å². The summed E-state index contributed by atoms with van der Waals surface area (Å²) in [5.74, 6) is -0.375. The molecule has 0 unspecified atom stereocenters. The molecule has 0 radical (unpaired) electrons. The van der Waals surface area contributed by atoms with E-state index < -0.39 is 9.73 Å². The number of hydrogen-bond acceptors (Lipinski definition) is 2. The third kappa shape index (κ3) is 5.62. The lowest BCUT2D eigenvalue weighted by molar-refractivity contribution is -0.115. The standard InChI is InChI=1S/C4H9NO2S/c1-4(6)5-8(2,3)7/h1-3H3. The van der Waals surface area contributed by atoms with Gasteiger partial charge in [-0.1, -0.05) is 0 Å². The highest BCUT2D eigenvalue weighted by Crippen LogP contribution is 1.82. The summed E-state index contributed by atoms with van der Waals surface area (Å²) < 4.78 is 13.9. The second-order valence-corrected chi connectivity index (χ2v) is 4.34. The van der Waals surface area contributed by atoms with E-state index in [1.165, 1.54) is 19.4 Å². The van der Waals surface area contributed by atoms with Gasteiger partial charge >= 0.3 is 0 Å². The van der Waals surface area contributed by atoms with Gasteiger partial charge in [-0.2, -0.15) is 4.36 Å². The molecule has 0 saturated heterocycles. The molecule has 0 spiro atoms. The van der Waals surface area contributed by atoms with Gasteiger partial charge < -0.3 is 0 Å². The second kappa shape index (κ2) is 2.26. The Morgan fingerprint density at radius 3 is 1.88 bits per heavy atom. The summed E-state index contributed by atoms with van der Waals surface area (Å²) in [4.78, 5) is 10.1. The maximum atomic E-state index is 10.6. The molecule has 8 heavy (non-hydrogen) atoms. The van der Waals surface area contributed by atoms with E-state index in [9.17, 15) is 9.00 Å². The fourth-order valence-electron chi connectivity index (χ4n) is 0.310. The van der Waals surface area contributed by atoms with Crippen molar-refractivity contribution in [2.45, 2.75) is 6.92 Å². The minimum Gasteiger partial charge on any atom is -0.272 e. The zero-order chi connectivity index (χ0) is 6.78. The first-order valence-electron chi connectivity index (χ1n) is 2.09. The van der Waals surface area contributed by atoms with E-state index in [-0.39, 0.29) is 5.91 Å². The van der Waals surface area contributed by atoms with Crippen molar-refractivity contribution in [3.8, 4) is 0 Å². The summed E-state index contributed by atoms with van der Waals surface area (Å²) in [7, 11) is -2.20. The summed E-state index contributed by atoms with van der Waals surface area (Å²) in [6.45, 7) is 1.28. The number of carbonyl (C=O) groups excluding carboxylic acids is 1. The van der Waals surface area contributed by atoms with Crippen LogP contribution in [0.1, 0.15) is 6.92 Å². The van der Waals surface area contributed by atoms with Crippen LogP contribution in [0, 0.1) is 0 Å². The van der Waals surface area contributed by atoms with Gasteiger partial charge in [-0.05, 0) is 0 Å². The van der Waals surface area contributed by atoms with Crippen molar-refractivity contribution < 1.29 is 9.00 Å². The van der Waals surface area contributed by atoms with Crippen LogP contribution in [0.5, 0.6) is 0 Å². The van der Waals surface area contributed by atoms with Crippen molar-refractivity contribution in [3.05, 3.63) is 0 Å². The molecule has 0 aromatic rings. The Balaban J connectivity index is 4.44. The molecule has 0 rings (SSSR count). The number of carbonyl (C=O) groups is 1. The molecule has 1 amide bonds. The van der Waals surface area contributed by atoms with Gasteiger partial charge in [-0.25, -0.2) is 4.21 Å². The van der Waals surface area contributed by atoms with Gasteiger partial charge in [-0.15, -0.1) is 0 Å². The van der Waals surface area contributed by atoms with Crippen LogP contribution in [0.4, 0.5) is 0 Å². The monoisotopic (exact) mass is 135 g/mol. The number of nitrogens with zero attached hydrogens (tertiary/aromatic N) is 1. The van der Waals surface area contributed by atoms with Gasteiger partial charge in [0.05, 0.1) is 0 Å². The van der Waals surface area contributed by atoms with Gasteiger partial charge in [0.15, 0.2) is 0 Å². The highest BCUT2D eigenvalue weighted by atomic mass is 32.2. The topological polar surface area (TPSA) is 46.5 Å². The van der Waals surface area contributed by atoms with Crippen molar-refractivity contribution in [2.24, 2.45) is 4.36 Å². The molecule has 0 aliphatic heterocycles. The molecule has 0 aromatic carbocycles. The first-order chi connectivity index (χ1) is 3.42. The van der Waals surface area contributed by atoms with Crippen LogP contribution in [0.3, 0.4) is 0 Å². The Kier molecular flexibility index (Phi) is 2.15. The summed E-state index contributed by atoms with van der Waals surface area (Å²) in [6.07, 6.45) is 2.85. The van der Waals surface area contributed by atoms with E-state index in [1.54, 1.807) is 0 Å². The van der Waals surface area contributed by atoms with Crippen molar-refractivity contribution in [3.63, 3.8) is 0 Å². The van der Waals surface area contributed by atoms with Crippen LogP contribution in [0.25, 0.3) is 0 Å². The van der Waals surface area contributed by atoms with Crippen molar-refractivity contribution in [2.75, 3.05) is 12.5 Å². The average Bonchev–Trinajstić information content (AvgIpc) is 1.21. The fraction of sp³-hybridized carbons (Fsp3) is 0.750. The predicted molar refractivity (Wildman–Crippen MR) is 33.1 cm³/mol. The fourth-order valence-corrected chi connectivity index (χ4v) is 0.929. The lowest BCUT2D eigenvalue weighted by atomic mass is 10.8. The Morgan fingerprint density at radius 1 is 1.50 bits per heavy atom. The molecule has 4 heteroatoms. The second-order valence-electron chi connectivity index (χ2n) is 1.79. The molecule has 0 atom stereocenters. The molecule has 0 aliphatic carbocycles. The summed E-state index contributed by atoms with van der Waals surface area (Å²) in [5, 5.41) is 0. The van der Waals surface area contributed by atoms with Crippen molar-refractivity contribution in [1.82, 2.24) is 0 Å². The highest BCUT2D eigenvalue weighted by molar-refractivity contribution is 7.92. The first-order valence-corrected chi connectivity index (χ1v) is 4.42. The van der Waals surface area contributed by atoms with Gasteiger partial charge in [0.1, 0.15) is 0 Å². The summed E-state index contributed by atoms with van der Waals surface area (Å²) in [5.41, 5.74) is 0. The van der Waals surface area contributed by atoms with Crippen LogP contribution in [0.15, 0.2) is 4.36 Å². The lowest BCUT2D eigenvalue weighted by Crippen LogP contribution is -1.94. The lowest BCUT2D eigenvalue weighted by Gasteiger charge is -1.86. The van der Waals surface area contributed by atoms with Crippen LogP contribution < -0.4 is 0 Å². The van der Waals surface area contributed by atoms with Crippen LogP contribution >= 0.6 is 0 Å². The molecule has 0 N–H and O–H groups in total. The zero-order valence-electron chi connectivity index (χ0n) is 5.17. The third-order valence-electron chi connectivity index (χ3n) is 0.348. The van der Waals surface area contributed by atoms with Gasteiger partial charge in [-0.3, -0.25) is 4.79 Å². The summed E-state index contributed by atoms with van der Waals surface area (Å²) in [6, 6.07) is 0. The third-order valence-corrected chi connectivity index (χ3v) is 1.05. The molecular formula is C4H9NO2S. The SMILES string of the molecule is CC(=O)N=S(C)(C)=O. The largest absolute Gasteiger partial charge is 0.272 e. The molecule has 0 aromatic heterocycles. The van der Waals surface area contributed by atoms with Crippen LogP contribution in [0.2, 0.25) is 0 Å². The molecule has 3 nitrogen and oxygen atoms in total. The number of hydrogen-bond donors (Lipinski definition) is 0. The Hall–Kier alpha value is -0.380. The van der Waals surface area contributed by atoms with Crippen molar-refractivity contribution >= 4 is 15.6 Å². The van der Waals surface area contributed by atoms with Gasteiger partial charge in [0, 0.05) is 29.2 Å². The molecular weight excluding hydrogens is 126 g/mol. The van der Waals surface area contributed by atoms with E-state index in [0.717, 1.165) is 0 Å². The maximum Gasteiger partial charge on any atom is 0.250 e. The van der Waals surface area contributed by atoms with Gasteiger partial charge in [0.2, 0.25) is 0 Å². The quantitative estimate of drug-likeness (QED) is 0.478. The normalized spacial score (nSPS) is 10.9. The zero-order valence-corrected chi connectivity index (χ0v) is 5.99. The molecule has 0 saturated carbocycles. The molecule has 0 fully saturated rings. The van der Waals surface area contributed by atoms with Crippen molar-refractivity contribution in [1.29, 1.82) is 0 Å². The first kappa shape index (κ1) is 7.62. The molecule has 0 heterocycles. The molecule has 0 bridgehead atoms. The smallest absolute Gasteiger partial charge is 0.250 e. The molecule has 48 valence electrons. The molecule has 0 aliphatic rings. The van der Waals surface area contributed by atoms with Crippen LogP contribution in [-0.4, -0.2) is 22.6 Å².